The highest BCUT2D eigenvalue weighted by atomic mass is 35.5. The highest BCUT2D eigenvalue weighted by Crippen LogP contribution is 2.33. The second-order valence-electron chi connectivity index (χ2n) is 2.87. The lowest BCUT2D eigenvalue weighted by molar-refractivity contribution is 0.350. The Morgan fingerprint density at radius 2 is 1.86 bits per heavy atom. The number of nitrogens with two attached hydrogens (primary N) is 1. The summed E-state index contributed by atoms with van der Waals surface area (Å²) in [5, 5.41) is 0. The monoisotopic (exact) mass is 217 g/mol. The molecular formula is C10H16ClNO2. The van der Waals surface area contributed by atoms with Crippen molar-refractivity contribution in [2.24, 2.45) is 5.73 Å². The topological polar surface area (TPSA) is 44.5 Å². The minimum atomic E-state index is -0.0509. The van der Waals surface area contributed by atoms with E-state index in [1.165, 1.54) is 0 Å². The minimum Gasteiger partial charge on any atom is -0.493 e. The maximum atomic E-state index is 5.78. The smallest absolute Gasteiger partial charge is 0.165 e. The van der Waals surface area contributed by atoms with Gasteiger partial charge in [-0.15, -0.1) is 12.4 Å². The van der Waals surface area contributed by atoms with Crippen LogP contribution in [0.2, 0.25) is 0 Å². The van der Waals surface area contributed by atoms with Gasteiger partial charge in [0.1, 0.15) is 0 Å². The lowest BCUT2D eigenvalue weighted by Gasteiger charge is -2.14. The summed E-state index contributed by atoms with van der Waals surface area (Å²) >= 11 is 0. The Morgan fingerprint density at radius 1 is 1.21 bits per heavy atom. The Morgan fingerprint density at radius 3 is 2.29 bits per heavy atom. The van der Waals surface area contributed by atoms with E-state index in [2.05, 4.69) is 0 Å². The predicted molar refractivity (Wildman–Crippen MR) is 59.4 cm³/mol. The Kier molecular flexibility index (Phi) is 5.35. The van der Waals surface area contributed by atoms with Gasteiger partial charge in [0.2, 0.25) is 0 Å². The molecule has 1 rings (SSSR count). The largest absolute Gasteiger partial charge is 0.493 e. The quantitative estimate of drug-likeness (QED) is 0.844. The lowest BCUT2D eigenvalue weighted by atomic mass is 10.1. The first-order valence-electron chi connectivity index (χ1n) is 4.17. The molecule has 0 spiro atoms. The summed E-state index contributed by atoms with van der Waals surface area (Å²) in [6.07, 6.45) is 0. The van der Waals surface area contributed by atoms with Crippen LogP contribution in [0.3, 0.4) is 0 Å². The Balaban J connectivity index is 0.00000169. The number of hydrogen-bond donors (Lipinski definition) is 1. The molecule has 4 heteroatoms. The van der Waals surface area contributed by atoms with Crippen molar-refractivity contribution < 1.29 is 9.47 Å². The van der Waals surface area contributed by atoms with Crippen LogP contribution >= 0.6 is 12.4 Å². The summed E-state index contributed by atoms with van der Waals surface area (Å²) in [6.45, 7) is 1.91. The summed E-state index contributed by atoms with van der Waals surface area (Å²) in [7, 11) is 3.23. The first kappa shape index (κ1) is 13.1. The number of ether oxygens (including phenoxy) is 2. The number of para-hydroxylation sites is 1. The molecule has 1 aromatic rings. The molecule has 0 aliphatic heterocycles. The van der Waals surface area contributed by atoms with Crippen molar-refractivity contribution >= 4 is 12.4 Å². The van der Waals surface area contributed by atoms with Crippen LogP contribution in [-0.4, -0.2) is 14.2 Å². The van der Waals surface area contributed by atoms with E-state index in [1.54, 1.807) is 14.2 Å². The fourth-order valence-corrected chi connectivity index (χ4v) is 1.27. The molecule has 1 unspecified atom stereocenters. The number of rotatable bonds is 3. The Bertz CT molecular complexity index is 289. The maximum Gasteiger partial charge on any atom is 0.165 e. The Hall–Kier alpha value is -0.930. The highest BCUT2D eigenvalue weighted by Gasteiger charge is 2.11. The fourth-order valence-electron chi connectivity index (χ4n) is 1.27. The molecule has 0 saturated carbocycles. The van der Waals surface area contributed by atoms with Gasteiger partial charge in [-0.05, 0) is 13.0 Å². The van der Waals surface area contributed by atoms with Gasteiger partial charge in [0.15, 0.2) is 11.5 Å². The fraction of sp³-hybridized carbons (Fsp3) is 0.400. The normalized spacial score (nSPS) is 11.4. The van der Waals surface area contributed by atoms with Crippen LogP contribution in [0.4, 0.5) is 0 Å². The van der Waals surface area contributed by atoms with Crippen molar-refractivity contribution in [2.45, 2.75) is 13.0 Å². The minimum absolute atomic E-state index is 0. The third-order valence-corrected chi connectivity index (χ3v) is 1.92. The van der Waals surface area contributed by atoms with Crippen LogP contribution in [0.5, 0.6) is 11.5 Å². The zero-order chi connectivity index (χ0) is 9.84. The van der Waals surface area contributed by atoms with E-state index >= 15 is 0 Å². The van der Waals surface area contributed by atoms with E-state index < -0.39 is 0 Å². The first-order valence-corrected chi connectivity index (χ1v) is 4.17. The van der Waals surface area contributed by atoms with Gasteiger partial charge < -0.3 is 15.2 Å². The molecule has 80 valence electrons. The molecule has 14 heavy (non-hydrogen) atoms. The summed E-state index contributed by atoms with van der Waals surface area (Å²) in [4.78, 5) is 0. The van der Waals surface area contributed by atoms with Gasteiger partial charge >= 0.3 is 0 Å². The molecule has 0 aliphatic carbocycles. The van der Waals surface area contributed by atoms with Crippen LogP contribution in [0.25, 0.3) is 0 Å². The van der Waals surface area contributed by atoms with Gasteiger partial charge in [-0.1, -0.05) is 12.1 Å². The van der Waals surface area contributed by atoms with Gasteiger partial charge in [-0.3, -0.25) is 0 Å². The van der Waals surface area contributed by atoms with E-state index in [9.17, 15) is 0 Å². The van der Waals surface area contributed by atoms with Gasteiger partial charge in [-0.25, -0.2) is 0 Å². The zero-order valence-electron chi connectivity index (χ0n) is 8.61. The average molecular weight is 218 g/mol. The molecule has 0 heterocycles. The average Bonchev–Trinajstić information content (AvgIpc) is 2.16. The van der Waals surface area contributed by atoms with Gasteiger partial charge in [-0.2, -0.15) is 0 Å². The van der Waals surface area contributed by atoms with E-state index in [1.807, 2.05) is 25.1 Å². The molecule has 0 aliphatic rings. The molecule has 3 nitrogen and oxygen atoms in total. The van der Waals surface area contributed by atoms with Crippen LogP contribution in [0.15, 0.2) is 18.2 Å². The third kappa shape index (κ3) is 2.53. The standard InChI is InChI=1S/C10H15NO2.ClH/c1-7(11)8-5-4-6-9(12-2)10(8)13-3;/h4-7H,11H2,1-3H3;1H. The predicted octanol–water partition coefficient (Wildman–Crippen LogP) is 2.15. The lowest BCUT2D eigenvalue weighted by Crippen LogP contribution is -2.07. The first-order chi connectivity index (χ1) is 6.20. The van der Waals surface area contributed by atoms with Crippen molar-refractivity contribution in [3.05, 3.63) is 23.8 Å². The summed E-state index contributed by atoms with van der Waals surface area (Å²) in [5.41, 5.74) is 6.74. The molecular weight excluding hydrogens is 202 g/mol. The van der Waals surface area contributed by atoms with Crippen LogP contribution in [0.1, 0.15) is 18.5 Å². The van der Waals surface area contributed by atoms with Crippen molar-refractivity contribution in [1.82, 2.24) is 0 Å². The molecule has 1 atom stereocenters. The Labute approximate surface area is 90.6 Å². The second kappa shape index (κ2) is 5.73. The van der Waals surface area contributed by atoms with Crippen LogP contribution < -0.4 is 15.2 Å². The summed E-state index contributed by atoms with van der Waals surface area (Å²) in [5.74, 6) is 1.44. The molecule has 0 bridgehead atoms. The van der Waals surface area contributed by atoms with Gasteiger partial charge in [0, 0.05) is 11.6 Å². The molecule has 0 saturated heterocycles. The highest BCUT2D eigenvalue weighted by molar-refractivity contribution is 5.85. The van der Waals surface area contributed by atoms with Gasteiger partial charge in [0.05, 0.1) is 14.2 Å². The number of halogens is 1. The number of hydrogen-bond acceptors (Lipinski definition) is 3. The number of methoxy groups -OCH3 is 2. The molecule has 0 amide bonds. The summed E-state index contributed by atoms with van der Waals surface area (Å²) < 4.78 is 10.4. The SMILES string of the molecule is COc1cccc(C(C)N)c1OC.Cl. The van der Waals surface area contributed by atoms with Crippen molar-refractivity contribution in [1.29, 1.82) is 0 Å². The van der Waals surface area contributed by atoms with Crippen LogP contribution in [0, 0.1) is 0 Å². The van der Waals surface area contributed by atoms with Crippen molar-refractivity contribution in [2.75, 3.05) is 14.2 Å². The molecule has 0 aromatic heterocycles. The van der Waals surface area contributed by atoms with Crippen molar-refractivity contribution in [3.8, 4) is 11.5 Å². The summed E-state index contributed by atoms with van der Waals surface area (Å²) in [6, 6.07) is 5.64. The third-order valence-electron chi connectivity index (χ3n) is 1.92. The van der Waals surface area contributed by atoms with Crippen molar-refractivity contribution in [3.63, 3.8) is 0 Å². The van der Waals surface area contributed by atoms with Gasteiger partial charge in [0.25, 0.3) is 0 Å². The van der Waals surface area contributed by atoms with Crippen LogP contribution in [-0.2, 0) is 0 Å². The van der Waals surface area contributed by atoms with E-state index in [-0.39, 0.29) is 18.4 Å². The molecule has 0 fully saturated rings. The molecule has 2 N–H and O–H groups in total. The van der Waals surface area contributed by atoms with E-state index in [0.717, 1.165) is 17.1 Å². The maximum absolute atomic E-state index is 5.78. The van der Waals surface area contributed by atoms with E-state index in [4.69, 9.17) is 15.2 Å². The number of benzene rings is 1. The molecule has 1 aromatic carbocycles. The molecule has 0 radical (unpaired) electrons. The second-order valence-corrected chi connectivity index (χ2v) is 2.87. The van der Waals surface area contributed by atoms with E-state index in [0.29, 0.717) is 0 Å². The zero-order valence-corrected chi connectivity index (χ0v) is 9.43.